The number of aryl methyl sites for hydroxylation is 1. The van der Waals surface area contributed by atoms with E-state index in [-0.39, 0.29) is 19.4 Å². The van der Waals surface area contributed by atoms with Gasteiger partial charge in [-0.1, -0.05) is 0 Å². The number of urea groups is 1. The van der Waals surface area contributed by atoms with E-state index in [1.165, 1.54) is 13.2 Å². The van der Waals surface area contributed by atoms with Gasteiger partial charge in [0.1, 0.15) is 17.4 Å². The van der Waals surface area contributed by atoms with E-state index in [4.69, 9.17) is 14.9 Å². The highest BCUT2D eigenvalue weighted by Crippen LogP contribution is 2.28. The zero-order valence-electron chi connectivity index (χ0n) is 16.1. The van der Waals surface area contributed by atoms with E-state index in [0.29, 0.717) is 34.3 Å². The van der Waals surface area contributed by atoms with E-state index in [2.05, 4.69) is 10.6 Å². The van der Waals surface area contributed by atoms with Gasteiger partial charge in [0.15, 0.2) is 0 Å². The highest BCUT2D eigenvalue weighted by atomic mass is 16.5. The average Bonchev–Trinajstić information content (AvgIpc) is 2.64. The Morgan fingerprint density at radius 2 is 2.03 bits per heavy atom. The number of primary amides is 1. The van der Waals surface area contributed by atoms with Crippen LogP contribution in [0.5, 0.6) is 5.75 Å². The zero-order valence-corrected chi connectivity index (χ0v) is 16.1. The van der Waals surface area contributed by atoms with Crippen molar-refractivity contribution in [2.24, 2.45) is 5.73 Å². The number of carboxylic acid groups (broad SMARTS) is 1. The molecule has 10 heteroatoms. The Balaban J connectivity index is 2.15. The second-order valence-electron chi connectivity index (χ2n) is 6.43. The summed E-state index contributed by atoms with van der Waals surface area (Å²) in [5.41, 5.74) is 5.67. The number of aliphatic carboxylic acids is 1. The van der Waals surface area contributed by atoms with Gasteiger partial charge in [0.25, 0.3) is 0 Å². The lowest BCUT2D eigenvalue weighted by molar-refractivity contribution is -0.141. The molecule has 156 valence electrons. The van der Waals surface area contributed by atoms with Gasteiger partial charge in [-0.15, -0.1) is 0 Å². The first-order chi connectivity index (χ1) is 13.7. The molecule has 0 aliphatic carbocycles. The van der Waals surface area contributed by atoms with Crippen LogP contribution in [-0.2, 0) is 16.0 Å². The molecule has 0 aliphatic rings. The second-order valence-corrected chi connectivity index (χ2v) is 6.43. The Bertz CT molecular complexity index is 984. The minimum absolute atomic E-state index is 0.106. The van der Waals surface area contributed by atoms with E-state index in [0.717, 1.165) is 0 Å². The molecule has 0 radical (unpaired) electrons. The maximum Gasteiger partial charge on any atom is 0.336 e. The zero-order chi connectivity index (χ0) is 21.6. The molecule has 2 rings (SSSR count). The number of fused-ring (bicyclic) bond motifs is 1. The predicted molar refractivity (Wildman–Crippen MR) is 104 cm³/mol. The molecule has 0 saturated carbocycles. The van der Waals surface area contributed by atoms with E-state index >= 15 is 0 Å². The van der Waals surface area contributed by atoms with Gasteiger partial charge in [0.05, 0.1) is 13.5 Å². The topological polar surface area (TPSA) is 161 Å². The van der Waals surface area contributed by atoms with Crippen molar-refractivity contribution in [3.63, 3.8) is 0 Å². The Morgan fingerprint density at radius 3 is 2.66 bits per heavy atom. The molecule has 1 aromatic carbocycles. The SMILES string of the molecule is COc1ccc2c(CC(=O)NC(CCCNC(N)=O)C(=O)O)cc(=O)oc2c1C. The third-order valence-corrected chi connectivity index (χ3v) is 4.37. The normalized spacial score (nSPS) is 11.7. The number of hydrogen-bond donors (Lipinski definition) is 4. The number of hydrogen-bond acceptors (Lipinski definition) is 6. The van der Waals surface area contributed by atoms with Crippen LogP contribution in [0.3, 0.4) is 0 Å². The summed E-state index contributed by atoms with van der Waals surface area (Å²) in [6, 6.07) is 2.75. The number of carbonyl (C=O) groups is 3. The van der Waals surface area contributed by atoms with Gasteiger partial charge in [0, 0.05) is 23.6 Å². The number of rotatable bonds is 9. The molecule has 0 aliphatic heterocycles. The number of methoxy groups -OCH3 is 1. The van der Waals surface area contributed by atoms with Crippen LogP contribution < -0.4 is 26.7 Å². The number of ether oxygens (including phenoxy) is 1. The minimum atomic E-state index is -1.20. The minimum Gasteiger partial charge on any atom is -0.496 e. The van der Waals surface area contributed by atoms with Gasteiger partial charge >= 0.3 is 17.6 Å². The standard InChI is InChI=1S/C19H23N3O7/c1-10-14(28-2)6-5-12-11(9-16(24)29-17(10)12)8-15(23)22-13(18(25)26)4-3-7-21-19(20)27/h5-6,9,13H,3-4,7-8H2,1-2H3,(H,22,23)(H,25,26)(H3,20,21,27). The van der Waals surface area contributed by atoms with Crippen molar-refractivity contribution in [3.05, 3.63) is 39.7 Å². The summed E-state index contributed by atoms with van der Waals surface area (Å²) >= 11 is 0. The lowest BCUT2D eigenvalue weighted by Gasteiger charge is -2.15. The summed E-state index contributed by atoms with van der Waals surface area (Å²) in [7, 11) is 1.49. The molecule has 5 N–H and O–H groups in total. The van der Waals surface area contributed by atoms with Crippen molar-refractivity contribution >= 4 is 28.9 Å². The van der Waals surface area contributed by atoms with Crippen LogP contribution in [0, 0.1) is 6.92 Å². The molecule has 0 bridgehead atoms. The first-order valence-electron chi connectivity index (χ1n) is 8.88. The van der Waals surface area contributed by atoms with Crippen LogP contribution in [-0.4, -0.2) is 42.7 Å². The molecule has 0 fully saturated rings. The van der Waals surface area contributed by atoms with E-state index in [9.17, 15) is 24.3 Å². The molecule has 0 spiro atoms. The van der Waals surface area contributed by atoms with E-state index in [1.54, 1.807) is 19.1 Å². The van der Waals surface area contributed by atoms with Crippen LogP contribution >= 0.6 is 0 Å². The summed E-state index contributed by atoms with van der Waals surface area (Å²) in [5, 5.41) is 14.7. The Morgan fingerprint density at radius 1 is 1.31 bits per heavy atom. The van der Waals surface area contributed by atoms with Crippen molar-refractivity contribution < 1.29 is 28.6 Å². The van der Waals surface area contributed by atoms with Crippen molar-refractivity contribution in [2.75, 3.05) is 13.7 Å². The monoisotopic (exact) mass is 405 g/mol. The van der Waals surface area contributed by atoms with Crippen molar-refractivity contribution in [1.29, 1.82) is 0 Å². The third kappa shape index (κ3) is 5.71. The maximum atomic E-state index is 12.4. The van der Waals surface area contributed by atoms with Crippen molar-refractivity contribution in [2.45, 2.75) is 32.2 Å². The van der Waals surface area contributed by atoms with Crippen LogP contribution in [0.2, 0.25) is 0 Å². The lowest BCUT2D eigenvalue weighted by Crippen LogP contribution is -2.42. The molecule has 29 heavy (non-hydrogen) atoms. The summed E-state index contributed by atoms with van der Waals surface area (Å²) < 4.78 is 10.5. The average molecular weight is 405 g/mol. The summed E-state index contributed by atoms with van der Waals surface area (Å²) in [5.74, 6) is -1.21. The number of carboxylic acids is 1. The molecule has 2 aromatic rings. The number of nitrogens with one attached hydrogen (secondary N) is 2. The number of nitrogens with two attached hydrogens (primary N) is 1. The van der Waals surface area contributed by atoms with E-state index < -0.39 is 29.6 Å². The number of benzene rings is 1. The molecular formula is C19H23N3O7. The summed E-state index contributed by atoms with van der Waals surface area (Å²) in [6.07, 6.45) is 0.226. The van der Waals surface area contributed by atoms with Crippen molar-refractivity contribution in [3.8, 4) is 5.75 Å². The second kappa shape index (κ2) is 9.58. The molecule has 1 unspecified atom stereocenters. The molecule has 1 atom stereocenters. The third-order valence-electron chi connectivity index (χ3n) is 4.37. The first kappa shape index (κ1) is 21.7. The molecular weight excluding hydrogens is 382 g/mol. The van der Waals surface area contributed by atoms with Gasteiger partial charge in [0.2, 0.25) is 5.91 Å². The lowest BCUT2D eigenvalue weighted by atomic mass is 10.0. The Labute approximate surface area is 166 Å². The fraction of sp³-hybridized carbons (Fsp3) is 0.368. The smallest absolute Gasteiger partial charge is 0.336 e. The fourth-order valence-corrected chi connectivity index (χ4v) is 2.97. The van der Waals surface area contributed by atoms with Gasteiger partial charge in [-0.25, -0.2) is 14.4 Å². The van der Waals surface area contributed by atoms with Crippen LogP contribution in [0.25, 0.3) is 11.0 Å². The summed E-state index contributed by atoms with van der Waals surface area (Å²) in [6.45, 7) is 1.93. The van der Waals surface area contributed by atoms with Gasteiger partial charge in [-0.3, -0.25) is 4.79 Å². The number of carbonyl (C=O) groups excluding carboxylic acids is 2. The molecule has 10 nitrogen and oxygen atoms in total. The van der Waals surface area contributed by atoms with Gasteiger partial charge in [-0.2, -0.15) is 0 Å². The van der Waals surface area contributed by atoms with Crippen LogP contribution in [0.15, 0.2) is 27.4 Å². The molecule has 1 heterocycles. The van der Waals surface area contributed by atoms with Crippen molar-refractivity contribution in [1.82, 2.24) is 10.6 Å². The molecule has 3 amide bonds. The first-order valence-corrected chi connectivity index (χ1v) is 8.88. The number of amides is 3. The Hall–Kier alpha value is -3.56. The van der Waals surface area contributed by atoms with Crippen LogP contribution in [0.4, 0.5) is 4.79 Å². The molecule has 0 saturated heterocycles. The summed E-state index contributed by atoms with van der Waals surface area (Å²) in [4.78, 5) is 46.4. The highest BCUT2D eigenvalue weighted by molar-refractivity contribution is 5.91. The molecule has 1 aromatic heterocycles. The fourth-order valence-electron chi connectivity index (χ4n) is 2.97. The van der Waals surface area contributed by atoms with Crippen LogP contribution in [0.1, 0.15) is 24.0 Å². The highest BCUT2D eigenvalue weighted by Gasteiger charge is 2.21. The Kier molecular flexibility index (Phi) is 7.18. The largest absolute Gasteiger partial charge is 0.496 e. The van der Waals surface area contributed by atoms with Gasteiger partial charge in [-0.05, 0) is 37.5 Å². The van der Waals surface area contributed by atoms with Gasteiger partial charge < -0.3 is 30.6 Å². The predicted octanol–water partition coefficient (Wildman–Crippen LogP) is 0.670. The quantitative estimate of drug-likeness (QED) is 0.352. The van der Waals surface area contributed by atoms with E-state index in [1.807, 2.05) is 0 Å². The maximum absolute atomic E-state index is 12.4.